The number of benzene rings is 1. The number of alkyl halides is 2. The number of hydrogen-bond acceptors (Lipinski definition) is 5. The molecule has 192 valence electrons. The monoisotopic (exact) mass is 489 g/mol. The number of carbonyl (C=O) groups is 1. The first-order valence-electron chi connectivity index (χ1n) is 12.0. The van der Waals surface area contributed by atoms with Crippen LogP contribution >= 0.6 is 0 Å². The van der Waals surface area contributed by atoms with Crippen molar-refractivity contribution in [3.05, 3.63) is 65.0 Å². The summed E-state index contributed by atoms with van der Waals surface area (Å²) in [4.78, 5) is 14.2. The second kappa shape index (κ2) is 12.7. The molecule has 1 aliphatic rings. The fourth-order valence-electron chi connectivity index (χ4n) is 4.41. The first-order valence-corrected chi connectivity index (χ1v) is 12.0. The van der Waals surface area contributed by atoms with E-state index in [2.05, 4.69) is 32.9 Å². The third kappa shape index (κ3) is 6.20. The fraction of sp³-hybridized carbons (Fsp3) is 0.464. The summed E-state index contributed by atoms with van der Waals surface area (Å²) in [6.07, 6.45) is 13.6. The Morgan fingerprint density at radius 3 is 2.29 bits per heavy atom. The van der Waals surface area contributed by atoms with Crippen molar-refractivity contribution in [2.24, 2.45) is 0 Å². The second-order valence-electron chi connectivity index (χ2n) is 8.27. The molecule has 1 heterocycles. The minimum absolute atomic E-state index is 0.0131. The van der Waals surface area contributed by atoms with Crippen LogP contribution in [0.3, 0.4) is 0 Å². The highest BCUT2D eigenvalue weighted by Crippen LogP contribution is 2.39. The fourth-order valence-corrected chi connectivity index (χ4v) is 4.41. The summed E-state index contributed by atoms with van der Waals surface area (Å²) < 4.78 is 42.4. The van der Waals surface area contributed by atoms with Crippen molar-refractivity contribution in [3.63, 3.8) is 0 Å². The minimum atomic E-state index is -3.08. The quantitative estimate of drug-likeness (QED) is 0.284. The van der Waals surface area contributed by atoms with Crippen molar-refractivity contribution < 1.29 is 27.8 Å². The lowest BCUT2D eigenvalue weighted by Gasteiger charge is -2.36. The van der Waals surface area contributed by atoms with Gasteiger partial charge in [-0.25, -0.2) is 0 Å². The van der Waals surface area contributed by atoms with Crippen LogP contribution in [0.2, 0.25) is 0 Å². The average molecular weight is 490 g/mol. The van der Waals surface area contributed by atoms with Crippen LogP contribution in [0.4, 0.5) is 8.78 Å². The molecule has 1 aromatic carbocycles. The SMILES string of the molecule is C/C=C(/c1cc(OC)c(C(C)=O)c(OC(F)F)c1)N1C=CC(C(CC)(CC)OC)=C/C1=C\CCC. The van der Waals surface area contributed by atoms with E-state index in [1.54, 1.807) is 13.2 Å². The van der Waals surface area contributed by atoms with E-state index in [1.807, 2.05) is 30.2 Å². The second-order valence-corrected chi connectivity index (χ2v) is 8.27. The van der Waals surface area contributed by atoms with Crippen LogP contribution in [-0.4, -0.2) is 37.1 Å². The first-order chi connectivity index (χ1) is 16.7. The van der Waals surface area contributed by atoms with Crippen LogP contribution in [0, 0.1) is 0 Å². The number of rotatable bonds is 12. The third-order valence-electron chi connectivity index (χ3n) is 6.37. The van der Waals surface area contributed by atoms with Gasteiger partial charge in [-0.15, -0.1) is 0 Å². The summed E-state index contributed by atoms with van der Waals surface area (Å²) in [6, 6.07) is 3.13. The van der Waals surface area contributed by atoms with Crippen LogP contribution in [-0.2, 0) is 4.74 Å². The Morgan fingerprint density at radius 1 is 1.14 bits per heavy atom. The van der Waals surface area contributed by atoms with Crippen molar-refractivity contribution in [1.29, 1.82) is 0 Å². The molecule has 0 spiro atoms. The summed E-state index contributed by atoms with van der Waals surface area (Å²) in [6.45, 7) is 6.41. The molecular formula is C28H37F2NO4. The van der Waals surface area contributed by atoms with E-state index in [9.17, 15) is 13.6 Å². The normalized spacial score (nSPS) is 15.6. The van der Waals surface area contributed by atoms with E-state index in [-0.39, 0.29) is 17.1 Å². The van der Waals surface area contributed by atoms with Gasteiger partial charge in [0.15, 0.2) is 5.78 Å². The van der Waals surface area contributed by atoms with Gasteiger partial charge in [-0.05, 0) is 63.0 Å². The van der Waals surface area contributed by atoms with Gasteiger partial charge < -0.3 is 19.1 Å². The molecule has 0 aliphatic carbocycles. The third-order valence-corrected chi connectivity index (χ3v) is 6.37. The molecule has 0 bridgehead atoms. The average Bonchev–Trinajstić information content (AvgIpc) is 2.84. The van der Waals surface area contributed by atoms with E-state index in [4.69, 9.17) is 14.2 Å². The maximum atomic E-state index is 13.2. The van der Waals surface area contributed by atoms with Crippen molar-refractivity contribution in [3.8, 4) is 11.5 Å². The number of methoxy groups -OCH3 is 2. The summed E-state index contributed by atoms with van der Waals surface area (Å²) in [5, 5.41) is 0. The maximum absolute atomic E-state index is 13.2. The topological polar surface area (TPSA) is 48.0 Å². The molecule has 0 unspecified atom stereocenters. The molecule has 0 saturated heterocycles. The van der Waals surface area contributed by atoms with Crippen molar-refractivity contribution in [1.82, 2.24) is 4.90 Å². The van der Waals surface area contributed by atoms with E-state index in [0.29, 0.717) is 5.56 Å². The lowest BCUT2D eigenvalue weighted by Crippen LogP contribution is -2.33. The standard InChI is InChI=1S/C28H37F2NO4/c1-8-12-13-22-18-21(28(10-3,11-4)34-7)14-15-31(22)23(9-2)20-16-24(33-6)26(19(5)32)25(17-20)35-27(29)30/h9,13-18,27H,8,10-12H2,1-7H3/b22-13+,23-9-. The minimum Gasteiger partial charge on any atom is -0.496 e. The molecule has 1 aromatic rings. The molecule has 0 fully saturated rings. The van der Waals surface area contributed by atoms with E-state index in [0.717, 1.165) is 42.7 Å². The van der Waals surface area contributed by atoms with Gasteiger partial charge in [-0.2, -0.15) is 8.78 Å². The summed E-state index contributed by atoms with van der Waals surface area (Å²) in [5.74, 6) is -0.459. The molecule has 2 rings (SSSR count). The Bertz CT molecular complexity index is 1010. The summed E-state index contributed by atoms with van der Waals surface area (Å²) in [7, 11) is 3.13. The number of allylic oxidation sites excluding steroid dienone is 3. The number of ketones is 1. The van der Waals surface area contributed by atoms with Crippen molar-refractivity contribution in [2.75, 3.05) is 14.2 Å². The van der Waals surface area contributed by atoms with Gasteiger partial charge in [-0.1, -0.05) is 39.3 Å². The molecule has 5 nitrogen and oxygen atoms in total. The van der Waals surface area contributed by atoms with E-state index >= 15 is 0 Å². The first kappa shape index (κ1) is 28.3. The Labute approximate surface area is 207 Å². The molecule has 1 aliphatic heterocycles. The van der Waals surface area contributed by atoms with Crippen molar-refractivity contribution >= 4 is 11.5 Å². The number of nitrogens with zero attached hydrogens (tertiary/aromatic N) is 1. The van der Waals surface area contributed by atoms with Gasteiger partial charge in [-0.3, -0.25) is 4.79 Å². The predicted octanol–water partition coefficient (Wildman–Crippen LogP) is 7.50. The highest BCUT2D eigenvalue weighted by molar-refractivity contribution is 6.00. The summed E-state index contributed by atoms with van der Waals surface area (Å²) in [5.41, 5.74) is 2.94. The van der Waals surface area contributed by atoms with Crippen LogP contribution < -0.4 is 9.47 Å². The molecule has 0 radical (unpaired) electrons. The zero-order valence-electron chi connectivity index (χ0n) is 21.8. The molecule has 7 heteroatoms. The van der Waals surface area contributed by atoms with Gasteiger partial charge in [0.05, 0.1) is 12.7 Å². The Kier molecular flexibility index (Phi) is 10.3. The van der Waals surface area contributed by atoms with Gasteiger partial charge >= 0.3 is 6.61 Å². The maximum Gasteiger partial charge on any atom is 0.387 e. The largest absolute Gasteiger partial charge is 0.496 e. The van der Waals surface area contributed by atoms with Gasteiger partial charge in [0, 0.05) is 30.3 Å². The van der Waals surface area contributed by atoms with E-state index in [1.165, 1.54) is 20.1 Å². The number of Topliss-reactive ketones (excluding diaryl/α,β-unsaturated/α-hetero) is 1. The smallest absolute Gasteiger partial charge is 0.387 e. The number of halogens is 2. The van der Waals surface area contributed by atoms with Crippen LogP contribution in [0.1, 0.15) is 76.2 Å². The molecule has 0 saturated carbocycles. The molecule has 0 N–H and O–H groups in total. The van der Waals surface area contributed by atoms with Gasteiger partial charge in [0.2, 0.25) is 0 Å². The molecule has 35 heavy (non-hydrogen) atoms. The number of carbonyl (C=O) groups excluding carboxylic acids is 1. The lowest BCUT2D eigenvalue weighted by atomic mass is 9.85. The molecule has 0 amide bonds. The Hall–Kier alpha value is -2.93. The Morgan fingerprint density at radius 2 is 1.80 bits per heavy atom. The molecule has 0 aromatic heterocycles. The Balaban J connectivity index is 2.66. The van der Waals surface area contributed by atoms with Gasteiger partial charge in [0.25, 0.3) is 0 Å². The zero-order valence-corrected chi connectivity index (χ0v) is 21.8. The van der Waals surface area contributed by atoms with Gasteiger partial charge in [0.1, 0.15) is 17.1 Å². The molecule has 0 atom stereocenters. The van der Waals surface area contributed by atoms with Crippen LogP contribution in [0.15, 0.2) is 53.9 Å². The molecular weight excluding hydrogens is 452 g/mol. The van der Waals surface area contributed by atoms with Crippen LogP contribution in [0.5, 0.6) is 11.5 Å². The zero-order chi connectivity index (χ0) is 26.2. The number of unbranched alkanes of at least 4 members (excludes halogenated alkanes) is 1. The van der Waals surface area contributed by atoms with Crippen LogP contribution in [0.25, 0.3) is 5.70 Å². The van der Waals surface area contributed by atoms with E-state index < -0.39 is 18.0 Å². The summed E-state index contributed by atoms with van der Waals surface area (Å²) >= 11 is 0. The highest BCUT2D eigenvalue weighted by Gasteiger charge is 2.32. The lowest BCUT2D eigenvalue weighted by molar-refractivity contribution is -0.0502. The van der Waals surface area contributed by atoms with Crippen molar-refractivity contribution in [2.45, 2.75) is 72.5 Å². The number of hydrogen-bond donors (Lipinski definition) is 0. The number of ether oxygens (including phenoxy) is 3. The highest BCUT2D eigenvalue weighted by atomic mass is 19.3. The predicted molar refractivity (Wildman–Crippen MR) is 136 cm³/mol.